The number of carbonyl (C=O) groups excluding carboxylic acids is 1. The molecule has 30 heavy (non-hydrogen) atoms. The summed E-state index contributed by atoms with van der Waals surface area (Å²) in [5.74, 6) is 0.379. The van der Waals surface area contributed by atoms with E-state index in [-0.39, 0.29) is 11.5 Å². The Labute approximate surface area is 177 Å². The Hall–Kier alpha value is -3.65. The predicted molar refractivity (Wildman–Crippen MR) is 119 cm³/mol. The summed E-state index contributed by atoms with van der Waals surface area (Å²) in [5, 5.41) is 8.00. The standard InChI is InChI=1S/C22H20N4O3S/c1-14-13-30-22-24-17(11-20(27)26(14)22)12-23-16-9-7-15(8-10-16)21(28)25-18-5-3-4-6-19(18)29-2/h3-11,13,23H,12H2,1-2H3,(H,25,28). The Balaban J connectivity index is 1.42. The van der Waals surface area contributed by atoms with Crippen LogP contribution < -0.4 is 20.9 Å². The van der Waals surface area contributed by atoms with Gasteiger partial charge in [-0.05, 0) is 43.3 Å². The van der Waals surface area contributed by atoms with Gasteiger partial charge >= 0.3 is 0 Å². The summed E-state index contributed by atoms with van der Waals surface area (Å²) in [6.07, 6.45) is 0. The molecule has 2 aromatic carbocycles. The van der Waals surface area contributed by atoms with E-state index < -0.39 is 0 Å². The fourth-order valence-corrected chi connectivity index (χ4v) is 3.96. The van der Waals surface area contributed by atoms with Crippen molar-refractivity contribution in [3.8, 4) is 5.75 Å². The summed E-state index contributed by atoms with van der Waals surface area (Å²) in [6, 6.07) is 15.9. The zero-order chi connectivity index (χ0) is 21.1. The second-order valence-electron chi connectivity index (χ2n) is 6.67. The van der Waals surface area contributed by atoms with Gasteiger partial charge in [0.2, 0.25) is 0 Å². The number of benzene rings is 2. The highest BCUT2D eigenvalue weighted by molar-refractivity contribution is 7.15. The Morgan fingerprint density at radius 1 is 1.17 bits per heavy atom. The first-order valence-electron chi connectivity index (χ1n) is 9.30. The van der Waals surface area contributed by atoms with Crippen LogP contribution >= 0.6 is 11.3 Å². The molecule has 0 saturated carbocycles. The third-order valence-electron chi connectivity index (χ3n) is 4.60. The monoisotopic (exact) mass is 420 g/mol. The number of aromatic nitrogens is 2. The molecule has 8 heteroatoms. The molecule has 0 unspecified atom stereocenters. The third kappa shape index (κ3) is 4.04. The number of ether oxygens (including phenoxy) is 1. The van der Waals surface area contributed by atoms with E-state index in [2.05, 4.69) is 15.6 Å². The highest BCUT2D eigenvalue weighted by atomic mass is 32.1. The van der Waals surface area contributed by atoms with E-state index in [9.17, 15) is 9.59 Å². The van der Waals surface area contributed by atoms with Gasteiger partial charge in [0.05, 0.1) is 25.0 Å². The molecule has 0 fully saturated rings. The molecule has 7 nitrogen and oxygen atoms in total. The lowest BCUT2D eigenvalue weighted by molar-refractivity contribution is 0.102. The Morgan fingerprint density at radius 3 is 2.70 bits per heavy atom. The minimum absolute atomic E-state index is 0.0843. The van der Waals surface area contributed by atoms with Crippen molar-refractivity contribution in [1.82, 2.24) is 9.38 Å². The molecule has 0 atom stereocenters. The van der Waals surface area contributed by atoms with Crippen molar-refractivity contribution in [3.63, 3.8) is 0 Å². The zero-order valence-corrected chi connectivity index (χ0v) is 17.3. The summed E-state index contributed by atoms with van der Waals surface area (Å²) in [4.78, 5) is 30.0. The van der Waals surface area contributed by atoms with Crippen molar-refractivity contribution in [2.75, 3.05) is 17.7 Å². The number of para-hydroxylation sites is 2. The molecule has 0 spiro atoms. The average Bonchev–Trinajstić information content (AvgIpc) is 3.14. The van der Waals surface area contributed by atoms with Crippen molar-refractivity contribution in [3.05, 3.63) is 87.3 Å². The van der Waals surface area contributed by atoms with Crippen LogP contribution in [0.2, 0.25) is 0 Å². The van der Waals surface area contributed by atoms with E-state index in [0.29, 0.717) is 34.2 Å². The molecule has 4 aromatic rings. The van der Waals surface area contributed by atoms with Crippen molar-refractivity contribution < 1.29 is 9.53 Å². The van der Waals surface area contributed by atoms with Gasteiger partial charge in [0, 0.05) is 28.4 Å². The van der Waals surface area contributed by atoms with E-state index in [1.807, 2.05) is 36.6 Å². The van der Waals surface area contributed by atoms with Crippen molar-refractivity contribution in [2.24, 2.45) is 0 Å². The summed E-state index contributed by atoms with van der Waals surface area (Å²) in [6.45, 7) is 2.30. The summed E-state index contributed by atoms with van der Waals surface area (Å²) >= 11 is 1.44. The van der Waals surface area contributed by atoms with E-state index in [4.69, 9.17) is 4.74 Å². The number of aryl methyl sites for hydroxylation is 1. The second-order valence-corrected chi connectivity index (χ2v) is 7.50. The molecule has 2 N–H and O–H groups in total. The summed E-state index contributed by atoms with van der Waals surface area (Å²) < 4.78 is 6.86. The largest absolute Gasteiger partial charge is 0.495 e. The van der Waals surface area contributed by atoms with Gasteiger partial charge in [0.1, 0.15) is 5.75 Å². The molecule has 1 amide bonds. The number of carbonyl (C=O) groups is 1. The van der Waals surface area contributed by atoms with E-state index >= 15 is 0 Å². The summed E-state index contributed by atoms with van der Waals surface area (Å²) in [7, 11) is 1.56. The van der Waals surface area contributed by atoms with Crippen LogP contribution in [0.5, 0.6) is 5.75 Å². The number of rotatable bonds is 6. The van der Waals surface area contributed by atoms with Crippen LogP contribution in [0.25, 0.3) is 4.96 Å². The molecule has 2 aromatic heterocycles. The van der Waals surface area contributed by atoms with Crippen molar-refractivity contribution in [2.45, 2.75) is 13.5 Å². The number of anilines is 2. The van der Waals surface area contributed by atoms with E-state index in [0.717, 1.165) is 11.4 Å². The van der Waals surface area contributed by atoms with Crippen LogP contribution in [-0.4, -0.2) is 22.4 Å². The molecule has 0 aliphatic heterocycles. The van der Waals surface area contributed by atoms with Crippen LogP contribution in [0, 0.1) is 6.92 Å². The van der Waals surface area contributed by atoms with Crippen molar-refractivity contribution in [1.29, 1.82) is 0 Å². The number of methoxy groups -OCH3 is 1. The van der Waals surface area contributed by atoms with Gasteiger partial charge in [-0.25, -0.2) is 4.98 Å². The number of nitrogens with one attached hydrogen (secondary N) is 2. The van der Waals surface area contributed by atoms with E-state index in [1.54, 1.807) is 35.8 Å². The summed E-state index contributed by atoms with van der Waals surface area (Å²) in [5.41, 5.74) is 3.43. The maximum atomic E-state index is 12.5. The van der Waals surface area contributed by atoms with Gasteiger partial charge < -0.3 is 15.4 Å². The molecular weight excluding hydrogens is 400 g/mol. The average molecular weight is 420 g/mol. The minimum atomic E-state index is -0.223. The number of hydrogen-bond acceptors (Lipinski definition) is 6. The van der Waals surface area contributed by atoms with Crippen LogP contribution in [0.4, 0.5) is 11.4 Å². The van der Waals surface area contributed by atoms with Gasteiger partial charge in [-0.1, -0.05) is 12.1 Å². The number of nitrogens with zero attached hydrogens (tertiary/aromatic N) is 2. The first kappa shape index (κ1) is 19.7. The quantitative estimate of drug-likeness (QED) is 0.494. The lowest BCUT2D eigenvalue weighted by Gasteiger charge is -2.10. The normalized spacial score (nSPS) is 10.7. The Kier molecular flexibility index (Phi) is 5.49. The molecule has 152 valence electrons. The van der Waals surface area contributed by atoms with E-state index in [1.165, 1.54) is 17.4 Å². The van der Waals surface area contributed by atoms with Gasteiger partial charge in [0.25, 0.3) is 11.5 Å². The highest BCUT2D eigenvalue weighted by Gasteiger charge is 2.10. The fourth-order valence-electron chi connectivity index (χ4n) is 3.07. The minimum Gasteiger partial charge on any atom is -0.495 e. The predicted octanol–water partition coefficient (Wildman–Crippen LogP) is 3.94. The topological polar surface area (TPSA) is 84.7 Å². The third-order valence-corrected chi connectivity index (χ3v) is 5.55. The number of amides is 1. The highest BCUT2D eigenvalue weighted by Crippen LogP contribution is 2.24. The fraction of sp³-hybridized carbons (Fsp3) is 0.136. The number of thiazole rings is 1. The molecule has 0 radical (unpaired) electrons. The smallest absolute Gasteiger partial charge is 0.259 e. The maximum absolute atomic E-state index is 12.5. The van der Waals surface area contributed by atoms with Gasteiger partial charge in [-0.15, -0.1) is 11.3 Å². The van der Waals surface area contributed by atoms with Crippen LogP contribution in [-0.2, 0) is 6.54 Å². The first-order chi connectivity index (χ1) is 14.5. The lowest BCUT2D eigenvalue weighted by atomic mass is 10.2. The molecule has 4 rings (SSSR count). The number of hydrogen-bond donors (Lipinski definition) is 2. The van der Waals surface area contributed by atoms with Gasteiger partial charge in [-0.2, -0.15) is 0 Å². The van der Waals surface area contributed by atoms with Crippen LogP contribution in [0.1, 0.15) is 21.7 Å². The molecule has 0 aliphatic rings. The maximum Gasteiger partial charge on any atom is 0.259 e. The van der Waals surface area contributed by atoms with Gasteiger partial charge in [0.15, 0.2) is 4.96 Å². The molecule has 0 bridgehead atoms. The Bertz CT molecular complexity index is 1260. The Morgan fingerprint density at radius 2 is 1.93 bits per heavy atom. The van der Waals surface area contributed by atoms with Crippen molar-refractivity contribution >= 4 is 33.6 Å². The zero-order valence-electron chi connectivity index (χ0n) is 16.5. The first-order valence-corrected chi connectivity index (χ1v) is 10.2. The molecule has 0 saturated heterocycles. The SMILES string of the molecule is COc1ccccc1NC(=O)c1ccc(NCc2cc(=O)n3c(C)csc3n2)cc1. The number of fused-ring (bicyclic) bond motifs is 1. The lowest BCUT2D eigenvalue weighted by Crippen LogP contribution is -2.16. The van der Waals surface area contributed by atoms with Crippen LogP contribution in [0.3, 0.4) is 0 Å². The molecule has 2 heterocycles. The van der Waals surface area contributed by atoms with Gasteiger partial charge in [-0.3, -0.25) is 14.0 Å². The second kappa shape index (κ2) is 8.38. The molecule has 0 aliphatic carbocycles. The molecular formula is C22H20N4O3S. The van der Waals surface area contributed by atoms with Crippen LogP contribution in [0.15, 0.2) is 64.8 Å².